The van der Waals surface area contributed by atoms with Crippen molar-refractivity contribution in [3.8, 4) is 0 Å². The van der Waals surface area contributed by atoms with Gasteiger partial charge < -0.3 is 11.1 Å². The number of hydrogen-bond donors (Lipinski definition) is 2. The number of amides is 1. The van der Waals surface area contributed by atoms with E-state index in [0.717, 1.165) is 32.4 Å². The van der Waals surface area contributed by atoms with Crippen molar-refractivity contribution in [2.75, 3.05) is 19.6 Å². The molecule has 2 atom stereocenters. The van der Waals surface area contributed by atoms with E-state index >= 15 is 0 Å². The number of piperidine rings is 1. The van der Waals surface area contributed by atoms with E-state index < -0.39 is 0 Å². The van der Waals surface area contributed by atoms with E-state index in [1.807, 2.05) is 0 Å². The number of rotatable bonds is 7. The molecule has 6 heteroatoms. The fraction of sp³-hybridized carbons (Fsp3) is 0.526. The highest BCUT2D eigenvalue weighted by molar-refractivity contribution is 5.85. The predicted molar refractivity (Wildman–Crippen MR) is 107 cm³/mol. The summed E-state index contributed by atoms with van der Waals surface area (Å²) in [5, 5.41) is 3.78. The van der Waals surface area contributed by atoms with Gasteiger partial charge in [0.1, 0.15) is 0 Å². The lowest BCUT2D eigenvalue weighted by Crippen LogP contribution is -2.46. The van der Waals surface area contributed by atoms with Gasteiger partial charge in [-0.05, 0) is 37.2 Å². The van der Waals surface area contributed by atoms with Crippen molar-refractivity contribution >= 4 is 30.7 Å². The van der Waals surface area contributed by atoms with Crippen molar-refractivity contribution < 1.29 is 4.79 Å². The van der Waals surface area contributed by atoms with Gasteiger partial charge in [-0.3, -0.25) is 9.69 Å². The molecule has 1 saturated heterocycles. The van der Waals surface area contributed by atoms with E-state index in [1.165, 1.54) is 17.6 Å². The molecule has 3 rings (SSSR count). The van der Waals surface area contributed by atoms with Gasteiger partial charge in [0.25, 0.3) is 0 Å². The van der Waals surface area contributed by atoms with E-state index in [4.69, 9.17) is 5.73 Å². The summed E-state index contributed by atoms with van der Waals surface area (Å²) < 4.78 is 0. The maximum Gasteiger partial charge on any atom is 0.231 e. The Morgan fingerprint density at radius 1 is 1.20 bits per heavy atom. The Balaban J connectivity index is 0.00000156. The van der Waals surface area contributed by atoms with Crippen LogP contribution in [0, 0.1) is 5.92 Å². The highest BCUT2D eigenvalue weighted by Crippen LogP contribution is 2.38. The van der Waals surface area contributed by atoms with Crippen molar-refractivity contribution in [1.29, 1.82) is 0 Å². The molecule has 1 aliphatic heterocycles. The molecule has 140 valence electrons. The van der Waals surface area contributed by atoms with Crippen LogP contribution in [0.3, 0.4) is 0 Å². The summed E-state index contributed by atoms with van der Waals surface area (Å²) in [4.78, 5) is 13.1. The Morgan fingerprint density at radius 2 is 1.84 bits per heavy atom. The fourth-order valence-electron chi connectivity index (χ4n) is 3.60. The third kappa shape index (κ3) is 6.63. The Labute approximate surface area is 163 Å². The number of nitrogens with one attached hydrogen (secondary N) is 1. The van der Waals surface area contributed by atoms with Gasteiger partial charge in [0.05, 0.1) is 6.54 Å². The van der Waals surface area contributed by atoms with Gasteiger partial charge in [-0.15, -0.1) is 24.8 Å². The molecule has 0 spiro atoms. The van der Waals surface area contributed by atoms with Crippen LogP contribution >= 0.6 is 24.8 Å². The van der Waals surface area contributed by atoms with Crippen molar-refractivity contribution in [1.82, 2.24) is 10.2 Å². The van der Waals surface area contributed by atoms with Gasteiger partial charge in [0, 0.05) is 25.2 Å². The van der Waals surface area contributed by atoms with Crippen LogP contribution in [0.15, 0.2) is 42.5 Å². The number of carbonyl (C=O) groups excluding carboxylic acids is 1. The maximum atomic E-state index is 11.0. The first kappa shape index (κ1) is 22.0. The van der Waals surface area contributed by atoms with Crippen LogP contribution in [-0.4, -0.2) is 42.5 Å². The minimum atomic E-state index is -0.226. The first-order valence-corrected chi connectivity index (χ1v) is 8.60. The molecule has 25 heavy (non-hydrogen) atoms. The standard InChI is InChI=1S/C19H27N3O.2ClH/c1-14(11-15-5-3-2-4-6-15)17-12-18(17)21-16-7-9-22(10-8-16)13-19(20)23;;/h2-6,16-18,21H,1,7-13H2,(H2,20,23);2*1H/t17-,18+;;/m0../s1. The second kappa shape index (κ2) is 10.2. The summed E-state index contributed by atoms with van der Waals surface area (Å²) in [6.45, 7) is 6.62. The quantitative estimate of drug-likeness (QED) is 0.709. The van der Waals surface area contributed by atoms with Crippen LogP contribution in [0.1, 0.15) is 24.8 Å². The first-order valence-electron chi connectivity index (χ1n) is 8.60. The maximum absolute atomic E-state index is 11.0. The number of primary amides is 1. The van der Waals surface area contributed by atoms with E-state index in [2.05, 4.69) is 47.1 Å². The molecule has 0 aromatic heterocycles. The number of likely N-dealkylation sites (tertiary alicyclic amines) is 1. The first-order chi connectivity index (χ1) is 11.1. The highest BCUT2D eigenvalue weighted by atomic mass is 35.5. The summed E-state index contributed by atoms with van der Waals surface area (Å²) in [5.41, 5.74) is 7.95. The van der Waals surface area contributed by atoms with Gasteiger partial charge in [0.2, 0.25) is 5.91 Å². The number of halogens is 2. The number of benzene rings is 1. The minimum Gasteiger partial charge on any atom is -0.369 e. The number of carbonyl (C=O) groups is 1. The zero-order valence-electron chi connectivity index (χ0n) is 14.5. The smallest absolute Gasteiger partial charge is 0.231 e. The SMILES string of the molecule is C=C(Cc1ccccc1)[C@@H]1C[C@H]1NC1CCN(CC(N)=O)CC1.Cl.Cl. The Bertz CT molecular complexity index is 559. The fourth-order valence-corrected chi connectivity index (χ4v) is 3.60. The summed E-state index contributed by atoms with van der Waals surface area (Å²) in [6.07, 6.45) is 4.40. The lowest BCUT2D eigenvalue weighted by Gasteiger charge is -2.31. The van der Waals surface area contributed by atoms with Crippen molar-refractivity contribution in [2.24, 2.45) is 11.7 Å². The summed E-state index contributed by atoms with van der Waals surface area (Å²) >= 11 is 0. The van der Waals surface area contributed by atoms with Crippen LogP contribution in [0.25, 0.3) is 0 Å². The van der Waals surface area contributed by atoms with Crippen molar-refractivity contribution in [2.45, 2.75) is 37.8 Å². The zero-order valence-corrected chi connectivity index (χ0v) is 16.2. The molecule has 2 fully saturated rings. The largest absolute Gasteiger partial charge is 0.369 e. The molecule has 0 unspecified atom stereocenters. The Hall–Kier alpha value is -1.07. The van der Waals surface area contributed by atoms with Gasteiger partial charge in [-0.2, -0.15) is 0 Å². The molecule has 1 saturated carbocycles. The average molecular weight is 386 g/mol. The number of nitrogens with two attached hydrogens (primary N) is 1. The van der Waals surface area contributed by atoms with Gasteiger partial charge in [0.15, 0.2) is 0 Å². The second-order valence-corrected chi connectivity index (χ2v) is 6.95. The lowest BCUT2D eigenvalue weighted by atomic mass is 10.0. The monoisotopic (exact) mass is 385 g/mol. The van der Waals surface area contributed by atoms with Crippen LogP contribution in [-0.2, 0) is 11.2 Å². The van der Waals surface area contributed by atoms with Gasteiger partial charge in [-0.1, -0.05) is 42.5 Å². The van der Waals surface area contributed by atoms with Crippen LogP contribution < -0.4 is 11.1 Å². The molecular formula is C19H29Cl2N3O. The molecule has 1 aromatic rings. The Morgan fingerprint density at radius 3 is 2.44 bits per heavy atom. The molecule has 0 radical (unpaired) electrons. The molecule has 1 amide bonds. The Kier molecular flexibility index (Phi) is 8.94. The third-order valence-electron chi connectivity index (χ3n) is 5.01. The van der Waals surface area contributed by atoms with Gasteiger partial charge >= 0.3 is 0 Å². The number of hydrogen-bond acceptors (Lipinski definition) is 3. The van der Waals surface area contributed by atoms with Gasteiger partial charge in [-0.25, -0.2) is 0 Å². The summed E-state index contributed by atoms with van der Waals surface area (Å²) in [6, 6.07) is 11.7. The molecule has 0 bridgehead atoms. The molecule has 1 aliphatic carbocycles. The zero-order chi connectivity index (χ0) is 16.2. The predicted octanol–water partition coefficient (Wildman–Crippen LogP) is 2.56. The van der Waals surface area contributed by atoms with E-state index in [0.29, 0.717) is 24.5 Å². The normalized spacial score (nSPS) is 23.2. The summed E-state index contributed by atoms with van der Waals surface area (Å²) in [5.74, 6) is 0.398. The second-order valence-electron chi connectivity index (χ2n) is 6.95. The van der Waals surface area contributed by atoms with Crippen LogP contribution in [0.4, 0.5) is 0 Å². The van der Waals surface area contributed by atoms with Crippen molar-refractivity contribution in [3.05, 3.63) is 48.0 Å². The summed E-state index contributed by atoms with van der Waals surface area (Å²) in [7, 11) is 0. The topological polar surface area (TPSA) is 58.4 Å². The van der Waals surface area contributed by atoms with E-state index in [-0.39, 0.29) is 30.7 Å². The number of nitrogens with zero attached hydrogens (tertiary/aromatic N) is 1. The minimum absolute atomic E-state index is 0. The van der Waals surface area contributed by atoms with Crippen LogP contribution in [0.2, 0.25) is 0 Å². The lowest BCUT2D eigenvalue weighted by molar-refractivity contribution is -0.119. The third-order valence-corrected chi connectivity index (χ3v) is 5.01. The van der Waals surface area contributed by atoms with Crippen LogP contribution in [0.5, 0.6) is 0 Å². The van der Waals surface area contributed by atoms with E-state index in [1.54, 1.807) is 0 Å². The molecule has 1 heterocycles. The molecule has 3 N–H and O–H groups in total. The van der Waals surface area contributed by atoms with E-state index in [9.17, 15) is 4.79 Å². The highest BCUT2D eigenvalue weighted by Gasteiger charge is 2.40. The molecule has 1 aromatic carbocycles. The molecule has 4 nitrogen and oxygen atoms in total. The molecular weight excluding hydrogens is 357 g/mol. The average Bonchev–Trinajstić information content (AvgIpc) is 3.29. The van der Waals surface area contributed by atoms with Crippen molar-refractivity contribution in [3.63, 3.8) is 0 Å². The molecule has 2 aliphatic rings.